The summed E-state index contributed by atoms with van der Waals surface area (Å²) in [6, 6.07) is 7.25. The minimum Gasteiger partial charge on any atom is -0.508 e. The van der Waals surface area contributed by atoms with Gasteiger partial charge < -0.3 is 16.2 Å². The molecule has 0 fully saturated rings. The number of unbranched alkanes of at least 4 members (excludes halogenated alkanes) is 1. The highest BCUT2D eigenvalue weighted by atomic mass is 16.3. The van der Waals surface area contributed by atoms with E-state index in [2.05, 4.69) is 12.2 Å². The molecule has 4 heteroatoms. The third kappa shape index (κ3) is 7.23. The first kappa shape index (κ1) is 16.1. The molecular formula is C15H25BN2O. The van der Waals surface area contributed by atoms with Crippen molar-refractivity contribution in [2.75, 3.05) is 6.54 Å². The van der Waals surface area contributed by atoms with Crippen LogP contribution < -0.4 is 11.1 Å². The molecule has 0 aliphatic carbocycles. The lowest BCUT2D eigenvalue weighted by molar-refractivity contribution is 0.378. The van der Waals surface area contributed by atoms with Crippen molar-refractivity contribution in [3.8, 4) is 5.75 Å². The van der Waals surface area contributed by atoms with Crippen LogP contribution in [0.1, 0.15) is 38.2 Å². The zero-order valence-corrected chi connectivity index (χ0v) is 11.9. The molecule has 1 aromatic rings. The molecule has 0 aliphatic heterocycles. The van der Waals surface area contributed by atoms with Gasteiger partial charge in [-0.25, -0.2) is 0 Å². The van der Waals surface area contributed by atoms with Crippen LogP contribution in [0.4, 0.5) is 0 Å². The third-order valence-corrected chi connectivity index (χ3v) is 3.34. The lowest BCUT2D eigenvalue weighted by Crippen LogP contribution is -2.39. The van der Waals surface area contributed by atoms with Crippen LogP contribution in [-0.2, 0) is 6.54 Å². The maximum atomic E-state index is 9.19. The molecule has 1 atom stereocenters. The van der Waals surface area contributed by atoms with Crippen molar-refractivity contribution < 1.29 is 5.11 Å². The van der Waals surface area contributed by atoms with Gasteiger partial charge in [0.1, 0.15) is 5.75 Å². The van der Waals surface area contributed by atoms with Crippen molar-refractivity contribution >= 4 is 7.85 Å². The third-order valence-electron chi connectivity index (χ3n) is 3.34. The van der Waals surface area contributed by atoms with Crippen LogP contribution in [0.5, 0.6) is 5.75 Å². The number of hydrogen-bond donors (Lipinski definition) is 3. The second kappa shape index (κ2) is 8.23. The number of rotatable bonds is 9. The first-order valence-electron chi connectivity index (χ1n) is 7.01. The predicted octanol–water partition coefficient (Wildman–Crippen LogP) is 2.35. The van der Waals surface area contributed by atoms with Gasteiger partial charge in [-0.1, -0.05) is 31.3 Å². The molecule has 0 amide bonds. The summed E-state index contributed by atoms with van der Waals surface area (Å²) in [4.78, 5) is 0. The molecule has 0 saturated carbocycles. The van der Waals surface area contributed by atoms with Gasteiger partial charge in [-0.2, -0.15) is 0 Å². The predicted molar refractivity (Wildman–Crippen MR) is 81.4 cm³/mol. The molecule has 104 valence electrons. The SMILES string of the molecule is [B]CCCCC(C)(N)CCNCc1ccc(O)cc1. The van der Waals surface area contributed by atoms with E-state index in [1.54, 1.807) is 12.1 Å². The van der Waals surface area contributed by atoms with Gasteiger partial charge in [0.05, 0.1) is 7.85 Å². The summed E-state index contributed by atoms with van der Waals surface area (Å²) in [5, 5.41) is 12.6. The van der Waals surface area contributed by atoms with Gasteiger partial charge in [0.15, 0.2) is 0 Å². The molecule has 1 rings (SSSR count). The zero-order valence-electron chi connectivity index (χ0n) is 11.9. The van der Waals surface area contributed by atoms with Crippen molar-refractivity contribution in [2.45, 2.75) is 51.0 Å². The number of hydrogen-bond acceptors (Lipinski definition) is 3. The quantitative estimate of drug-likeness (QED) is 0.472. The van der Waals surface area contributed by atoms with Crippen molar-refractivity contribution in [3.05, 3.63) is 29.8 Å². The van der Waals surface area contributed by atoms with Gasteiger partial charge in [-0.3, -0.25) is 0 Å². The van der Waals surface area contributed by atoms with Crippen LogP contribution in [0.25, 0.3) is 0 Å². The molecule has 0 heterocycles. The van der Waals surface area contributed by atoms with Crippen LogP contribution in [0.3, 0.4) is 0 Å². The molecule has 0 aromatic heterocycles. The van der Waals surface area contributed by atoms with E-state index >= 15 is 0 Å². The van der Waals surface area contributed by atoms with Crippen molar-refractivity contribution in [3.63, 3.8) is 0 Å². The van der Waals surface area contributed by atoms with Crippen LogP contribution >= 0.6 is 0 Å². The average Bonchev–Trinajstić information content (AvgIpc) is 2.37. The molecular weight excluding hydrogens is 235 g/mol. The maximum absolute atomic E-state index is 9.19. The Hall–Kier alpha value is -0.995. The topological polar surface area (TPSA) is 58.3 Å². The van der Waals surface area contributed by atoms with Crippen LogP contribution in [0.15, 0.2) is 24.3 Å². The fourth-order valence-electron chi connectivity index (χ4n) is 2.02. The monoisotopic (exact) mass is 260 g/mol. The van der Waals surface area contributed by atoms with Gasteiger partial charge in [-0.15, -0.1) is 0 Å². The van der Waals surface area contributed by atoms with E-state index in [4.69, 9.17) is 13.6 Å². The van der Waals surface area contributed by atoms with Gasteiger partial charge in [0.25, 0.3) is 0 Å². The highest BCUT2D eigenvalue weighted by Gasteiger charge is 2.16. The average molecular weight is 260 g/mol. The molecule has 0 aliphatic rings. The van der Waals surface area contributed by atoms with E-state index in [-0.39, 0.29) is 5.54 Å². The normalized spacial score (nSPS) is 14.2. The molecule has 0 saturated heterocycles. The number of nitrogens with two attached hydrogens (primary N) is 1. The Morgan fingerprint density at radius 1 is 1.21 bits per heavy atom. The first-order chi connectivity index (χ1) is 9.03. The molecule has 0 spiro atoms. The highest BCUT2D eigenvalue weighted by Crippen LogP contribution is 2.15. The number of nitrogens with one attached hydrogen (secondary N) is 1. The van der Waals surface area contributed by atoms with Crippen molar-refractivity contribution in [2.24, 2.45) is 5.73 Å². The van der Waals surface area contributed by atoms with E-state index in [9.17, 15) is 5.11 Å². The van der Waals surface area contributed by atoms with Gasteiger partial charge in [0.2, 0.25) is 0 Å². The molecule has 1 unspecified atom stereocenters. The Morgan fingerprint density at radius 3 is 2.53 bits per heavy atom. The summed E-state index contributed by atoms with van der Waals surface area (Å²) < 4.78 is 0. The van der Waals surface area contributed by atoms with Gasteiger partial charge in [0, 0.05) is 12.1 Å². The molecule has 3 nitrogen and oxygen atoms in total. The number of phenolic OH excluding ortho intramolecular Hbond substituents is 1. The van der Waals surface area contributed by atoms with E-state index in [0.29, 0.717) is 5.75 Å². The van der Waals surface area contributed by atoms with E-state index < -0.39 is 0 Å². The van der Waals surface area contributed by atoms with Gasteiger partial charge in [-0.05, 0) is 44.0 Å². The maximum Gasteiger partial charge on any atom is 0.115 e. The summed E-state index contributed by atoms with van der Waals surface area (Å²) in [6.07, 6.45) is 4.87. The Bertz CT molecular complexity index is 352. The summed E-state index contributed by atoms with van der Waals surface area (Å²) in [7, 11) is 5.48. The molecule has 0 bridgehead atoms. The van der Waals surface area contributed by atoms with Crippen molar-refractivity contribution in [1.29, 1.82) is 0 Å². The molecule has 2 radical (unpaired) electrons. The number of phenols is 1. The summed E-state index contributed by atoms with van der Waals surface area (Å²) >= 11 is 0. The lowest BCUT2D eigenvalue weighted by Gasteiger charge is -2.24. The van der Waals surface area contributed by atoms with E-state index in [0.717, 1.165) is 45.1 Å². The number of benzene rings is 1. The second-order valence-electron chi connectivity index (χ2n) is 5.49. The molecule has 1 aromatic carbocycles. The lowest BCUT2D eigenvalue weighted by atomic mass is 9.90. The largest absolute Gasteiger partial charge is 0.508 e. The summed E-state index contributed by atoms with van der Waals surface area (Å²) in [6.45, 7) is 3.81. The molecule has 4 N–H and O–H groups in total. The van der Waals surface area contributed by atoms with E-state index in [1.165, 1.54) is 5.56 Å². The Balaban J connectivity index is 2.17. The van der Waals surface area contributed by atoms with Crippen LogP contribution in [0.2, 0.25) is 6.32 Å². The fourth-order valence-corrected chi connectivity index (χ4v) is 2.02. The minimum atomic E-state index is -0.114. The van der Waals surface area contributed by atoms with Crippen LogP contribution in [0, 0.1) is 0 Å². The smallest absolute Gasteiger partial charge is 0.115 e. The Labute approximate surface area is 118 Å². The Kier molecular flexibility index (Phi) is 6.96. The van der Waals surface area contributed by atoms with Crippen LogP contribution in [-0.4, -0.2) is 25.0 Å². The number of aromatic hydroxyl groups is 1. The van der Waals surface area contributed by atoms with Crippen molar-refractivity contribution in [1.82, 2.24) is 5.32 Å². The van der Waals surface area contributed by atoms with Gasteiger partial charge >= 0.3 is 0 Å². The zero-order chi connectivity index (χ0) is 14.1. The highest BCUT2D eigenvalue weighted by molar-refractivity contribution is 6.08. The minimum absolute atomic E-state index is 0.114. The second-order valence-corrected chi connectivity index (χ2v) is 5.49. The first-order valence-corrected chi connectivity index (χ1v) is 7.01. The Morgan fingerprint density at radius 2 is 1.89 bits per heavy atom. The van der Waals surface area contributed by atoms with E-state index in [1.807, 2.05) is 12.1 Å². The fraction of sp³-hybridized carbons (Fsp3) is 0.600. The summed E-state index contributed by atoms with van der Waals surface area (Å²) in [5.74, 6) is 0.304. The standard InChI is InChI=1S/C15H25BN2O/c1-15(17,8-2-3-10-16)9-11-18-12-13-4-6-14(19)7-5-13/h4-7,18-19H,2-3,8-12,17H2,1H3. The summed E-state index contributed by atoms with van der Waals surface area (Å²) in [5.41, 5.74) is 7.30. The molecule has 19 heavy (non-hydrogen) atoms.